The van der Waals surface area contributed by atoms with Gasteiger partial charge in [0.15, 0.2) is 0 Å². The summed E-state index contributed by atoms with van der Waals surface area (Å²) in [7, 11) is 1.92. The minimum atomic E-state index is 0.340. The molecule has 0 saturated heterocycles. The molecule has 0 aliphatic heterocycles. The second-order valence-corrected chi connectivity index (χ2v) is 4.45. The van der Waals surface area contributed by atoms with Gasteiger partial charge in [-0.2, -0.15) is 5.10 Å². The van der Waals surface area contributed by atoms with Crippen LogP contribution in [0.3, 0.4) is 0 Å². The van der Waals surface area contributed by atoms with Crippen LogP contribution in [-0.4, -0.2) is 15.6 Å². The second kappa shape index (κ2) is 5.83. The topological polar surface area (TPSA) is 34.9 Å². The first-order valence-corrected chi connectivity index (χ1v) is 6.07. The molecule has 1 aromatic heterocycles. The van der Waals surface area contributed by atoms with Crippen LogP contribution in [0.2, 0.25) is 0 Å². The van der Waals surface area contributed by atoms with Crippen LogP contribution in [-0.2, 0) is 18.3 Å². The summed E-state index contributed by atoms with van der Waals surface area (Å²) in [6, 6.07) is 0. The van der Waals surface area contributed by atoms with Crippen LogP contribution >= 0.6 is 0 Å². The molecule has 16 heavy (non-hydrogen) atoms. The molecule has 0 N–H and O–H groups in total. The second-order valence-electron chi connectivity index (χ2n) is 4.45. The standard InChI is InChI=1S/C13H22N2O/c1-5-6-7-8-12(16)9-13-10(2)14-15(4)11(13)3/h5-9H2,1-4H3. The molecule has 1 heterocycles. The van der Waals surface area contributed by atoms with E-state index in [1.54, 1.807) is 0 Å². The molecule has 1 rings (SSSR count). The quantitative estimate of drug-likeness (QED) is 0.694. The Morgan fingerprint density at radius 1 is 1.31 bits per heavy atom. The van der Waals surface area contributed by atoms with Crippen molar-refractivity contribution in [1.82, 2.24) is 9.78 Å². The highest BCUT2D eigenvalue weighted by Crippen LogP contribution is 2.14. The van der Waals surface area contributed by atoms with Crippen LogP contribution in [0.25, 0.3) is 0 Å². The van der Waals surface area contributed by atoms with Gasteiger partial charge in [-0.05, 0) is 20.3 Å². The maximum Gasteiger partial charge on any atom is 0.137 e. The van der Waals surface area contributed by atoms with Gasteiger partial charge < -0.3 is 0 Å². The zero-order valence-electron chi connectivity index (χ0n) is 10.8. The Bertz CT molecular complexity index is 366. The number of nitrogens with zero attached hydrogens (tertiary/aromatic N) is 2. The molecule has 0 unspecified atom stereocenters. The van der Waals surface area contributed by atoms with Crippen LogP contribution in [0.15, 0.2) is 0 Å². The van der Waals surface area contributed by atoms with Crippen molar-refractivity contribution in [3.8, 4) is 0 Å². The van der Waals surface area contributed by atoms with E-state index in [1.807, 2.05) is 25.6 Å². The Morgan fingerprint density at radius 2 is 2.00 bits per heavy atom. The van der Waals surface area contributed by atoms with Gasteiger partial charge >= 0.3 is 0 Å². The van der Waals surface area contributed by atoms with Crippen LogP contribution in [0.1, 0.15) is 49.6 Å². The van der Waals surface area contributed by atoms with E-state index in [0.29, 0.717) is 18.6 Å². The van der Waals surface area contributed by atoms with Gasteiger partial charge in [-0.3, -0.25) is 9.48 Å². The Balaban J connectivity index is 2.56. The number of rotatable bonds is 6. The smallest absolute Gasteiger partial charge is 0.137 e. The number of hydrogen-bond donors (Lipinski definition) is 0. The molecule has 0 atom stereocenters. The molecule has 0 saturated carbocycles. The molecule has 90 valence electrons. The normalized spacial score (nSPS) is 10.8. The van der Waals surface area contributed by atoms with Gasteiger partial charge in [0.1, 0.15) is 5.78 Å². The van der Waals surface area contributed by atoms with Crippen molar-refractivity contribution in [1.29, 1.82) is 0 Å². The Kier molecular flexibility index (Phi) is 4.71. The van der Waals surface area contributed by atoms with E-state index in [2.05, 4.69) is 12.0 Å². The largest absolute Gasteiger partial charge is 0.299 e. The van der Waals surface area contributed by atoms with Crippen molar-refractivity contribution in [2.45, 2.75) is 52.9 Å². The van der Waals surface area contributed by atoms with Gasteiger partial charge in [-0.25, -0.2) is 0 Å². The molecule has 0 spiro atoms. The minimum Gasteiger partial charge on any atom is -0.299 e. The van der Waals surface area contributed by atoms with Gasteiger partial charge in [0.25, 0.3) is 0 Å². The third-order valence-corrected chi connectivity index (χ3v) is 3.09. The van der Waals surface area contributed by atoms with E-state index in [0.717, 1.165) is 36.2 Å². The Morgan fingerprint density at radius 3 is 2.50 bits per heavy atom. The predicted octanol–water partition coefficient (Wildman–Crippen LogP) is 2.73. The maximum absolute atomic E-state index is 11.8. The summed E-state index contributed by atoms with van der Waals surface area (Å²) in [6.07, 6.45) is 4.60. The number of aryl methyl sites for hydroxylation is 2. The zero-order valence-corrected chi connectivity index (χ0v) is 10.8. The van der Waals surface area contributed by atoms with Crippen molar-refractivity contribution >= 4 is 5.78 Å². The summed E-state index contributed by atoms with van der Waals surface area (Å²) in [5.41, 5.74) is 3.22. The van der Waals surface area contributed by atoms with Gasteiger partial charge in [-0.15, -0.1) is 0 Å². The first-order valence-electron chi connectivity index (χ1n) is 6.07. The van der Waals surface area contributed by atoms with Crippen LogP contribution in [0, 0.1) is 13.8 Å². The SMILES string of the molecule is CCCCCC(=O)Cc1c(C)nn(C)c1C. The summed E-state index contributed by atoms with van der Waals surface area (Å²) < 4.78 is 1.85. The maximum atomic E-state index is 11.8. The van der Waals surface area contributed by atoms with E-state index in [1.165, 1.54) is 0 Å². The highest BCUT2D eigenvalue weighted by Gasteiger charge is 2.12. The zero-order chi connectivity index (χ0) is 12.1. The summed E-state index contributed by atoms with van der Waals surface area (Å²) in [5.74, 6) is 0.340. The number of Topliss-reactive ketones (excluding diaryl/α,β-unsaturated/α-hetero) is 1. The van der Waals surface area contributed by atoms with Crippen LogP contribution in [0.5, 0.6) is 0 Å². The van der Waals surface area contributed by atoms with Crippen molar-refractivity contribution in [3.05, 3.63) is 17.0 Å². The van der Waals surface area contributed by atoms with Gasteiger partial charge in [0.05, 0.1) is 5.69 Å². The van der Waals surface area contributed by atoms with Crippen molar-refractivity contribution < 1.29 is 4.79 Å². The van der Waals surface area contributed by atoms with Gasteiger partial charge in [-0.1, -0.05) is 19.8 Å². The lowest BCUT2D eigenvalue weighted by Crippen LogP contribution is -2.04. The third kappa shape index (κ3) is 3.19. The Hall–Kier alpha value is -1.12. The molecule has 0 aliphatic carbocycles. The summed E-state index contributed by atoms with van der Waals surface area (Å²) >= 11 is 0. The number of carbonyl (C=O) groups is 1. The lowest BCUT2D eigenvalue weighted by molar-refractivity contribution is -0.118. The minimum absolute atomic E-state index is 0.340. The molecule has 0 amide bonds. The molecule has 0 bridgehead atoms. The number of carbonyl (C=O) groups excluding carboxylic acids is 1. The first kappa shape index (κ1) is 12.9. The number of unbranched alkanes of at least 4 members (excludes halogenated alkanes) is 2. The van der Waals surface area contributed by atoms with E-state index in [4.69, 9.17) is 0 Å². The molecular formula is C13H22N2O. The number of aromatic nitrogens is 2. The van der Waals surface area contributed by atoms with Crippen molar-refractivity contribution in [2.24, 2.45) is 7.05 Å². The highest BCUT2D eigenvalue weighted by molar-refractivity contribution is 5.81. The summed E-state index contributed by atoms with van der Waals surface area (Å²) in [6.45, 7) is 6.15. The molecule has 0 fully saturated rings. The lowest BCUT2D eigenvalue weighted by Gasteiger charge is -2.01. The van der Waals surface area contributed by atoms with E-state index in [-0.39, 0.29) is 0 Å². The molecular weight excluding hydrogens is 200 g/mol. The molecule has 0 aliphatic rings. The van der Waals surface area contributed by atoms with E-state index >= 15 is 0 Å². The monoisotopic (exact) mass is 222 g/mol. The van der Waals surface area contributed by atoms with Crippen LogP contribution in [0.4, 0.5) is 0 Å². The molecule has 3 heteroatoms. The molecule has 1 aromatic rings. The highest BCUT2D eigenvalue weighted by atomic mass is 16.1. The molecule has 0 aromatic carbocycles. The van der Waals surface area contributed by atoms with E-state index < -0.39 is 0 Å². The summed E-state index contributed by atoms with van der Waals surface area (Å²) in [4.78, 5) is 11.8. The average molecular weight is 222 g/mol. The first-order chi connectivity index (χ1) is 7.56. The van der Waals surface area contributed by atoms with Crippen molar-refractivity contribution in [3.63, 3.8) is 0 Å². The van der Waals surface area contributed by atoms with Gasteiger partial charge in [0.2, 0.25) is 0 Å². The van der Waals surface area contributed by atoms with Crippen LogP contribution < -0.4 is 0 Å². The summed E-state index contributed by atoms with van der Waals surface area (Å²) in [5, 5.41) is 4.32. The molecule has 3 nitrogen and oxygen atoms in total. The predicted molar refractivity (Wildman–Crippen MR) is 65.5 cm³/mol. The third-order valence-electron chi connectivity index (χ3n) is 3.09. The van der Waals surface area contributed by atoms with E-state index in [9.17, 15) is 4.79 Å². The lowest BCUT2D eigenvalue weighted by atomic mass is 10.0. The fourth-order valence-corrected chi connectivity index (χ4v) is 1.93. The average Bonchev–Trinajstić information content (AvgIpc) is 2.46. The number of ketones is 1. The fourth-order valence-electron chi connectivity index (χ4n) is 1.93. The van der Waals surface area contributed by atoms with Crippen molar-refractivity contribution in [2.75, 3.05) is 0 Å². The molecule has 0 radical (unpaired) electrons. The fraction of sp³-hybridized carbons (Fsp3) is 0.692. The number of hydrogen-bond acceptors (Lipinski definition) is 2. The Labute approximate surface area is 97.8 Å². The van der Waals surface area contributed by atoms with Gasteiger partial charge in [0, 0.05) is 31.1 Å².